The average Bonchev–Trinajstić information content (AvgIpc) is 3.28. The smallest absolute Gasteiger partial charge is 0.258 e. The fraction of sp³-hybridized carbons (Fsp3) is 0.421. The molecule has 1 fully saturated rings. The van der Waals surface area contributed by atoms with E-state index in [0.29, 0.717) is 17.9 Å². The van der Waals surface area contributed by atoms with Crippen LogP contribution in [0.25, 0.3) is 0 Å². The molecular formula is C19H24N4O6S3. The Balaban J connectivity index is 1.63. The number of nitrogens with zero attached hydrogens (tertiary/aromatic N) is 2. The Labute approximate surface area is 190 Å². The zero-order chi connectivity index (χ0) is 23.3. The highest BCUT2D eigenvalue weighted by Gasteiger charge is 2.38. The van der Waals surface area contributed by atoms with E-state index in [2.05, 4.69) is 15.0 Å². The molecule has 32 heavy (non-hydrogen) atoms. The van der Waals surface area contributed by atoms with Gasteiger partial charge in [0.25, 0.3) is 20.0 Å². The van der Waals surface area contributed by atoms with Crippen LogP contribution in [0.1, 0.15) is 43.7 Å². The molecule has 0 amide bonds. The molecule has 13 heteroatoms. The van der Waals surface area contributed by atoms with Crippen LogP contribution in [-0.2, 0) is 20.0 Å². The van der Waals surface area contributed by atoms with Crippen LogP contribution in [0, 0.1) is 6.92 Å². The molecule has 0 saturated heterocycles. The van der Waals surface area contributed by atoms with Crippen LogP contribution in [0.2, 0.25) is 0 Å². The lowest BCUT2D eigenvalue weighted by molar-refractivity contribution is 0.442. The van der Waals surface area contributed by atoms with Crippen LogP contribution >= 0.6 is 11.3 Å². The number of hydrogen-bond acceptors (Lipinski definition) is 9. The highest BCUT2D eigenvalue weighted by Crippen LogP contribution is 2.42. The molecule has 0 radical (unpaired) electrons. The van der Waals surface area contributed by atoms with E-state index < -0.39 is 31.8 Å². The number of thiophene rings is 1. The fourth-order valence-electron chi connectivity index (χ4n) is 3.28. The first-order chi connectivity index (χ1) is 15.0. The van der Waals surface area contributed by atoms with Gasteiger partial charge in [-0.25, -0.2) is 16.8 Å². The summed E-state index contributed by atoms with van der Waals surface area (Å²) in [5.41, 5.74) is 0.178. The van der Waals surface area contributed by atoms with Gasteiger partial charge in [-0.3, -0.25) is 9.71 Å². The fourth-order valence-corrected chi connectivity index (χ4v) is 7.07. The maximum Gasteiger partial charge on any atom is 0.258 e. The number of aromatic hydroxyl groups is 1. The minimum atomic E-state index is -3.85. The van der Waals surface area contributed by atoms with E-state index in [4.69, 9.17) is 4.42 Å². The minimum absolute atomic E-state index is 0.0519. The highest BCUT2D eigenvalue weighted by atomic mass is 32.2. The number of hydrogen-bond donors (Lipinski definition) is 3. The molecule has 0 unspecified atom stereocenters. The van der Waals surface area contributed by atoms with Crippen molar-refractivity contribution in [2.75, 3.05) is 12.4 Å². The Hall–Kier alpha value is -2.35. The van der Waals surface area contributed by atoms with Crippen molar-refractivity contribution in [3.05, 3.63) is 40.1 Å². The van der Waals surface area contributed by atoms with E-state index >= 15 is 0 Å². The molecule has 4 rings (SSSR count). The van der Waals surface area contributed by atoms with Crippen molar-refractivity contribution in [2.45, 2.75) is 49.4 Å². The Morgan fingerprint density at radius 1 is 1.41 bits per heavy atom. The molecule has 1 aliphatic heterocycles. The summed E-state index contributed by atoms with van der Waals surface area (Å²) in [6.07, 6.45) is 2.14. The van der Waals surface area contributed by atoms with Gasteiger partial charge >= 0.3 is 0 Å². The van der Waals surface area contributed by atoms with Crippen LogP contribution < -0.4 is 10.0 Å². The predicted octanol–water partition coefficient (Wildman–Crippen LogP) is 2.87. The summed E-state index contributed by atoms with van der Waals surface area (Å²) >= 11 is 0.865. The zero-order valence-electron chi connectivity index (χ0n) is 17.7. The normalized spacial score (nSPS) is 20.4. The van der Waals surface area contributed by atoms with E-state index in [1.54, 1.807) is 19.1 Å². The molecule has 1 atom stereocenters. The van der Waals surface area contributed by atoms with Crippen molar-refractivity contribution in [1.29, 1.82) is 0 Å². The van der Waals surface area contributed by atoms with Gasteiger partial charge in [0, 0.05) is 18.5 Å². The zero-order valence-corrected chi connectivity index (χ0v) is 20.1. The first kappa shape index (κ1) is 22.8. The SMILES string of the molecule is CC[C@@H](N=C1NS(=O)(=O)C=C1Nc1csc(S(=O)(=O)N(C)C2CC2)c1O)c1ccc(C)o1. The number of furan rings is 1. The van der Waals surface area contributed by atoms with Gasteiger partial charge in [0.15, 0.2) is 15.8 Å². The number of amidine groups is 1. The first-order valence-corrected chi connectivity index (χ1v) is 13.8. The van der Waals surface area contributed by atoms with E-state index in [0.717, 1.165) is 29.6 Å². The Bertz CT molecular complexity index is 1300. The number of nitrogens with one attached hydrogen (secondary N) is 2. The van der Waals surface area contributed by atoms with Crippen molar-refractivity contribution in [2.24, 2.45) is 4.99 Å². The van der Waals surface area contributed by atoms with E-state index in [1.807, 2.05) is 6.92 Å². The maximum absolute atomic E-state index is 12.8. The lowest BCUT2D eigenvalue weighted by atomic mass is 10.2. The summed E-state index contributed by atoms with van der Waals surface area (Å²) in [5, 5.41) is 15.8. The van der Waals surface area contributed by atoms with E-state index in [-0.39, 0.29) is 27.5 Å². The second-order valence-corrected chi connectivity index (χ2v) is 12.3. The molecule has 10 nitrogen and oxygen atoms in total. The highest BCUT2D eigenvalue weighted by molar-refractivity contribution is 7.93. The van der Waals surface area contributed by atoms with Gasteiger partial charge in [0.2, 0.25) is 0 Å². The molecule has 0 aromatic carbocycles. The molecule has 1 aliphatic carbocycles. The molecule has 2 aromatic heterocycles. The quantitative estimate of drug-likeness (QED) is 0.506. The van der Waals surface area contributed by atoms with Crippen LogP contribution in [-0.4, -0.2) is 45.2 Å². The van der Waals surface area contributed by atoms with Crippen molar-refractivity contribution in [3.8, 4) is 5.75 Å². The third-order valence-electron chi connectivity index (χ3n) is 5.20. The largest absolute Gasteiger partial charge is 0.504 e. The molecule has 2 aliphatic rings. The van der Waals surface area contributed by atoms with Gasteiger partial charge in [-0.15, -0.1) is 11.3 Å². The van der Waals surface area contributed by atoms with Crippen molar-refractivity contribution < 1.29 is 26.4 Å². The Morgan fingerprint density at radius 3 is 2.72 bits per heavy atom. The van der Waals surface area contributed by atoms with Gasteiger partial charge in [-0.1, -0.05) is 6.92 Å². The first-order valence-electron chi connectivity index (χ1n) is 9.96. The van der Waals surface area contributed by atoms with Crippen molar-refractivity contribution in [3.63, 3.8) is 0 Å². The van der Waals surface area contributed by atoms with Crippen molar-refractivity contribution in [1.82, 2.24) is 9.03 Å². The summed E-state index contributed by atoms with van der Waals surface area (Å²) < 4.78 is 59.0. The van der Waals surface area contributed by atoms with E-state index in [1.165, 1.54) is 16.7 Å². The Morgan fingerprint density at radius 2 is 2.12 bits per heavy atom. The molecule has 0 bridgehead atoms. The second-order valence-electron chi connectivity index (χ2n) is 7.69. The predicted molar refractivity (Wildman–Crippen MR) is 122 cm³/mol. The van der Waals surface area contributed by atoms with Crippen molar-refractivity contribution >= 4 is 42.9 Å². The van der Waals surface area contributed by atoms with Gasteiger partial charge < -0.3 is 14.8 Å². The van der Waals surface area contributed by atoms with Gasteiger partial charge in [0.1, 0.15) is 17.6 Å². The summed E-state index contributed by atoms with van der Waals surface area (Å²) in [5.74, 6) is 0.905. The standard InChI is InChI=1S/C19H24N4O6S3/c1-4-13(16-8-5-11(2)29-16)21-18-15(10-31(25,26)22-18)20-14-9-30-19(17(14)24)32(27,28)23(3)12-6-7-12/h5,8-10,12-13,20,24H,4,6-7H2,1-3H3,(H,21,22)/t13-/m1/s1. The molecule has 3 N–H and O–H groups in total. The van der Waals surface area contributed by atoms with Gasteiger partial charge in [-0.05, 0) is 38.3 Å². The monoisotopic (exact) mass is 500 g/mol. The minimum Gasteiger partial charge on any atom is -0.504 e. The number of sulfonamides is 2. The van der Waals surface area contributed by atoms with Crippen LogP contribution in [0.5, 0.6) is 5.75 Å². The molecule has 3 heterocycles. The lowest BCUT2D eigenvalue weighted by Crippen LogP contribution is -2.28. The van der Waals surface area contributed by atoms with Crippen LogP contribution in [0.3, 0.4) is 0 Å². The van der Waals surface area contributed by atoms with Crippen LogP contribution in [0.15, 0.2) is 42.2 Å². The third-order valence-corrected chi connectivity index (χ3v) is 9.63. The summed E-state index contributed by atoms with van der Waals surface area (Å²) in [7, 11) is -6.15. The number of anilines is 1. The Kier molecular flexibility index (Phi) is 5.86. The average molecular weight is 501 g/mol. The van der Waals surface area contributed by atoms with Gasteiger partial charge in [0.05, 0.1) is 16.8 Å². The number of aliphatic imine (C=N–C) groups is 1. The molecule has 0 spiro atoms. The summed E-state index contributed by atoms with van der Waals surface area (Å²) in [6, 6.07) is 3.10. The van der Waals surface area contributed by atoms with Crippen LogP contribution in [0.4, 0.5) is 5.69 Å². The summed E-state index contributed by atoms with van der Waals surface area (Å²) in [6.45, 7) is 3.70. The summed E-state index contributed by atoms with van der Waals surface area (Å²) in [4.78, 5) is 4.49. The second kappa shape index (κ2) is 8.21. The van der Waals surface area contributed by atoms with E-state index in [9.17, 15) is 21.9 Å². The molecule has 2 aromatic rings. The topological polar surface area (TPSA) is 141 Å². The lowest BCUT2D eigenvalue weighted by Gasteiger charge is -2.15. The molecular weight excluding hydrogens is 476 g/mol. The maximum atomic E-state index is 12.8. The molecule has 1 saturated carbocycles. The molecule has 174 valence electrons. The number of aryl methyl sites for hydroxylation is 1. The number of rotatable bonds is 8. The van der Waals surface area contributed by atoms with Gasteiger partial charge in [-0.2, -0.15) is 4.31 Å². The third kappa shape index (κ3) is 4.42.